The van der Waals surface area contributed by atoms with E-state index in [0.29, 0.717) is 5.02 Å². The van der Waals surface area contributed by atoms with Gasteiger partial charge >= 0.3 is 0 Å². The lowest BCUT2D eigenvalue weighted by atomic mass is 9.89. The smallest absolute Gasteiger partial charge is 0.224 e. The number of anilines is 2. The van der Waals surface area contributed by atoms with Crippen LogP contribution in [-0.4, -0.2) is 11.9 Å². The van der Waals surface area contributed by atoms with Crippen LogP contribution in [-0.2, 0) is 4.79 Å². The summed E-state index contributed by atoms with van der Waals surface area (Å²) in [7, 11) is 0. The molecule has 0 fully saturated rings. The van der Waals surface area contributed by atoms with Crippen LogP contribution in [0.5, 0.6) is 0 Å². The third-order valence-corrected chi connectivity index (χ3v) is 5.31. The molecule has 0 bridgehead atoms. The molecule has 4 rings (SSSR count). The Labute approximate surface area is 163 Å². The van der Waals surface area contributed by atoms with Crippen LogP contribution in [0.4, 0.5) is 11.4 Å². The number of nitrogens with zero attached hydrogens (tertiary/aromatic N) is 1. The highest BCUT2D eigenvalue weighted by Crippen LogP contribution is 2.41. The van der Waals surface area contributed by atoms with Crippen LogP contribution in [0.25, 0.3) is 11.1 Å². The lowest BCUT2D eigenvalue weighted by Crippen LogP contribution is -2.43. The summed E-state index contributed by atoms with van der Waals surface area (Å²) in [6.07, 6.45) is 4.23. The van der Waals surface area contributed by atoms with Gasteiger partial charge in [0.05, 0.1) is 18.6 Å². The lowest BCUT2D eigenvalue weighted by Gasteiger charge is -2.39. The van der Waals surface area contributed by atoms with Crippen molar-refractivity contribution in [2.24, 2.45) is 0 Å². The van der Waals surface area contributed by atoms with Crippen molar-refractivity contribution in [3.63, 3.8) is 0 Å². The first-order valence-electron chi connectivity index (χ1n) is 9.01. The van der Waals surface area contributed by atoms with Gasteiger partial charge in [0.25, 0.3) is 0 Å². The Morgan fingerprint density at radius 2 is 1.93 bits per heavy atom. The van der Waals surface area contributed by atoms with Crippen LogP contribution in [0.1, 0.15) is 31.9 Å². The fourth-order valence-electron chi connectivity index (χ4n) is 3.84. The molecular formula is C22H21ClN2O2. The molecule has 0 unspecified atom stereocenters. The second-order valence-electron chi connectivity index (χ2n) is 6.96. The summed E-state index contributed by atoms with van der Waals surface area (Å²) in [5.74, 6) is 0.0600. The van der Waals surface area contributed by atoms with Gasteiger partial charge in [-0.3, -0.25) is 4.79 Å². The average Bonchev–Trinajstić information content (AvgIpc) is 3.18. The van der Waals surface area contributed by atoms with E-state index in [0.717, 1.165) is 34.5 Å². The lowest BCUT2D eigenvalue weighted by molar-refractivity contribution is -0.117. The summed E-state index contributed by atoms with van der Waals surface area (Å²) in [6, 6.07) is 16.1. The maximum absolute atomic E-state index is 12.3. The predicted octanol–water partition coefficient (Wildman–Crippen LogP) is 5.90. The van der Waals surface area contributed by atoms with Crippen LogP contribution in [0, 0.1) is 0 Å². The first-order valence-corrected chi connectivity index (χ1v) is 9.39. The van der Waals surface area contributed by atoms with Crippen molar-refractivity contribution < 1.29 is 9.21 Å². The highest BCUT2D eigenvalue weighted by Gasteiger charge is 2.32. The van der Waals surface area contributed by atoms with Gasteiger partial charge in [-0.25, -0.2) is 0 Å². The minimum Gasteiger partial charge on any atom is -0.472 e. The Bertz CT molecular complexity index is 951. The second-order valence-corrected chi connectivity index (χ2v) is 7.40. The molecule has 0 saturated carbocycles. The fraction of sp³-hybridized carbons (Fsp3) is 0.227. The number of nitrogens with one attached hydrogen (secondary N) is 1. The van der Waals surface area contributed by atoms with Gasteiger partial charge < -0.3 is 14.6 Å². The predicted molar refractivity (Wildman–Crippen MR) is 109 cm³/mol. The Morgan fingerprint density at radius 3 is 2.59 bits per heavy atom. The minimum absolute atomic E-state index is 0.0600. The average molecular weight is 381 g/mol. The molecule has 1 amide bonds. The SMILES string of the molecule is CC(=O)N1c2ccc(-c3ccoc3)cc2[C@@H](Nc2ccc(Cl)cc2)C[C@H]1C. The van der Waals surface area contributed by atoms with Crippen molar-refractivity contribution in [1.29, 1.82) is 0 Å². The van der Waals surface area contributed by atoms with Crippen LogP contribution >= 0.6 is 11.6 Å². The quantitative estimate of drug-likeness (QED) is 0.615. The molecule has 4 nitrogen and oxygen atoms in total. The van der Waals surface area contributed by atoms with Gasteiger partial charge in [0.2, 0.25) is 5.91 Å². The molecule has 138 valence electrons. The van der Waals surface area contributed by atoms with Gasteiger partial charge in [0, 0.05) is 34.9 Å². The Balaban J connectivity index is 1.76. The summed E-state index contributed by atoms with van der Waals surface area (Å²) in [5, 5.41) is 4.32. The molecule has 2 aromatic carbocycles. The first-order chi connectivity index (χ1) is 13.0. The van der Waals surface area contributed by atoms with Crippen LogP contribution < -0.4 is 10.2 Å². The summed E-state index contributed by atoms with van der Waals surface area (Å²) in [6.45, 7) is 3.71. The molecule has 1 N–H and O–H groups in total. The molecule has 2 heterocycles. The molecule has 3 aromatic rings. The number of amides is 1. The topological polar surface area (TPSA) is 45.5 Å². The summed E-state index contributed by atoms with van der Waals surface area (Å²) in [4.78, 5) is 14.1. The van der Waals surface area contributed by atoms with Crippen molar-refractivity contribution in [3.05, 3.63) is 71.6 Å². The maximum atomic E-state index is 12.3. The Hall–Kier alpha value is -2.72. The van der Waals surface area contributed by atoms with Crippen molar-refractivity contribution in [1.82, 2.24) is 0 Å². The number of hydrogen-bond acceptors (Lipinski definition) is 3. The van der Waals surface area contributed by atoms with Gasteiger partial charge in [0.1, 0.15) is 0 Å². The van der Waals surface area contributed by atoms with E-state index >= 15 is 0 Å². The first kappa shape index (κ1) is 17.7. The summed E-state index contributed by atoms with van der Waals surface area (Å²) in [5.41, 5.74) is 5.17. The van der Waals surface area contributed by atoms with E-state index in [1.54, 1.807) is 19.5 Å². The monoisotopic (exact) mass is 380 g/mol. The maximum Gasteiger partial charge on any atom is 0.224 e. The number of hydrogen-bond donors (Lipinski definition) is 1. The van der Waals surface area contributed by atoms with E-state index in [1.807, 2.05) is 47.4 Å². The summed E-state index contributed by atoms with van der Waals surface area (Å²) >= 11 is 6.01. The van der Waals surface area contributed by atoms with Crippen LogP contribution in [0.3, 0.4) is 0 Å². The third-order valence-electron chi connectivity index (χ3n) is 5.06. The van der Waals surface area contributed by atoms with E-state index in [1.165, 1.54) is 0 Å². The molecule has 1 aliphatic heterocycles. The molecule has 1 aromatic heterocycles. The number of furan rings is 1. The molecule has 1 aliphatic rings. The molecule has 27 heavy (non-hydrogen) atoms. The molecule has 5 heteroatoms. The van der Waals surface area contributed by atoms with E-state index in [9.17, 15) is 4.79 Å². The number of benzene rings is 2. The molecule has 0 radical (unpaired) electrons. The van der Waals surface area contributed by atoms with Gasteiger partial charge in [0.15, 0.2) is 0 Å². The van der Waals surface area contributed by atoms with E-state index in [4.69, 9.17) is 16.0 Å². The number of fused-ring (bicyclic) bond motifs is 1. The molecule has 2 atom stereocenters. The molecule has 0 saturated heterocycles. The molecule has 0 spiro atoms. The third kappa shape index (κ3) is 3.45. The van der Waals surface area contributed by atoms with Crippen LogP contribution in [0.15, 0.2) is 65.5 Å². The molecule has 0 aliphatic carbocycles. The van der Waals surface area contributed by atoms with Crippen molar-refractivity contribution in [3.8, 4) is 11.1 Å². The van der Waals surface area contributed by atoms with E-state index in [-0.39, 0.29) is 18.0 Å². The highest BCUT2D eigenvalue weighted by molar-refractivity contribution is 6.30. The number of carbonyl (C=O) groups excluding carboxylic acids is 1. The van der Waals surface area contributed by atoms with Crippen LogP contribution in [0.2, 0.25) is 5.02 Å². The Morgan fingerprint density at radius 1 is 1.15 bits per heavy atom. The van der Waals surface area contributed by atoms with Crippen molar-refractivity contribution >= 4 is 28.9 Å². The van der Waals surface area contributed by atoms with Gasteiger partial charge in [-0.15, -0.1) is 0 Å². The van der Waals surface area contributed by atoms with Crippen molar-refractivity contribution in [2.75, 3.05) is 10.2 Å². The second kappa shape index (κ2) is 7.12. The van der Waals surface area contributed by atoms with E-state index < -0.39 is 0 Å². The minimum atomic E-state index is 0.0600. The molecular weight excluding hydrogens is 360 g/mol. The number of carbonyl (C=O) groups is 1. The van der Waals surface area contributed by atoms with Crippen molar-refractivity contribution in [2.45, 2.75) is 32.4 Å². The normalized spacial score (nSPS) is 18.9. The van der Waals surface area contributed by atoms with E-state index in [2.05, 4.69) is 18.3 Å². The largest absolute Gasteiger partial charge is 0.472 e. The summed E-state index contributed by atoms with van der Waals surface area (Å²) < 4.78 is 5.23. The zero-order valence-electron chi connectivity index (χ0n) is 15.3. The number of halogens is 1. The highest BCUT2D eigenvalue weighted by atomic mass is 35.5. The zero-order chi connectivity index (χ0) is 19.0. The van der Waals surface area contributed by atoms with Gasteiger partial charge in [-0.2, -0.15) is 0 Å². The Kier molecular flexibility index (Phi) is 4.66. The standard InChI is InChI=1S/C22H21ClN2O2/c1-14-11-21(24-19-6-4-18(23)5-7-19)20-12-16(17-9-10-27-13-17)3-8-22(20)25(14)15(2)26/h3-10,12-14,21,24H,11H2,1-2H3/t14-,21+/m1/s1. The van der Waals surface area contributed by atoms with Gasteiger partial charge in [-0.1, -0.05) is 17.7 Å². The fourth-order valence-corrected chi connectivity index (χ4v) is 3.96. The van der Waals surface area contributed by atoms with Gasteiger partial charge in [-0.05, 0) is 66.9 Å². The zero-order valence-corrected chi connectivity index (χ0v) is 16.0. The number of rotatable bonds is 3.